The van der Waals surface area contributed by atoms with Crippen LogP contribution in [0.3, 0.4) is 0 Å². The first-order valence-corrected chi connectivity index (χ1v) is 4.57. The summed E-state index contributed by atoms with van der Waals surface area (Å²) in [5.74, 6) is 0. The third-order valence-corrected chi connectivity index (χ3v) is 1.50. The molecule has 0 aromatic carbocycles. The molecule has 0 saturated carbocycles. The van der Waals surface area contributed by atoms with Crippen molar-refractivity contribution >= 4 is 30.7 Å². The van der Waals surface area contributed by atoms with Crippen LogP contribution in [0, 0.1) is 0 Å². The van der Waals surface area contributed by atoms with Crippen LogP contribution in [0.2, 0.25) is 17.4 Å². The minimum Gasteiger partial charge on any atom is -0.461 e. The second-order valence-corrected chi connectivity index (χ2v) is 2.79. The van der Waals surface area contributed by atoms with E-state index >= 15 is 0 Å². The highest BCUT2D eigenvalue weighted by Gasteiger charge is 2.03. The summed E-state index contributed by atoms with van der Waals surface area (Å²) in [6, 6.07) is 0.0923. The molecule has 0 aliphatic carbocycles. The van der Waals surface area contributed by atoms with Gasteiger partial charge in [0.05, 0.1) is 6.61 Å². The molecule has 1 aromatic heterocycles. The molecular formula is C6H7BCl2N3O2. The minimum absolute atomic E-state index is 0.00275. The molecule has 0 fully saturated rings. The first kappa shape index (κ1) is 11.5. The van der Waals surface area contributed by atoms with Crippen molar-refractivity contribution in [2.24, 2.45) is 0 Å². The highest BCUT2D eigenvalue weighted by atomic mass is 35.5. The number of rotatable bonds is 5. The molecule has 0 amide bonds. The third-order valence-electron chi connectivity index (χ3n) is 1.16. The fraction of sp³-hybridized carbons (Fsp3) is 0.500. The van der Waals surface area contributed by atoms with Crippen LogP contribution in [-0.4, -0.2) is 35.6 Å². The highest BCUT2D eigenvalue weighted by Crippen LogP contribution is 2.10. The maximum absolute atomic E-state index is 5.53. The van der Waals surface area contributed by atoms with Crippen LogP contribution in [-0.2, 0) is 4.65 Å². The molecule has 8 heteroatoms. The van der Waals surface area contributed by atoms with E-state index in [1.54, 1.807) is 14.3 Å². The predicted molar refractivity (Wildman–Crippen MR) is 52.9 cm³/mol. The Kier molecular flexibility index (Phi) is 4.93. The summed E-state index contributed by atoms with van der Waals surface area (Å²) in [5, 5.41) is 0.00550. The van der Waals surface area contributed by atoms with Gasteiger partial charge in [0.25, 0.3) is 7.48 Å². The molecule has 0 bridgehead atoms. The lowest BCUT2D eigenvalue weighted by molar-refractivity contribution is 0.212. The quantitative estimate of drug-likeness (QED) is 0.567. The van der Waals surface area contributed by atoms with Gasteiger partial charge in [-0.1, -0.05) is 6.82 Å². The third kappa shape index (κ3) is 4.08. The number of hydrogen-bond acceptors (Lipinski definition) is 5. The molecule has 5 nitrogen and oxygen atoms in total. The summed E-state index contributed by atoms with van der Waals surface area (Å²) < 4.78 is 10.0. The summed E-state index contributed by atoms with van der Waals surface area (Å²) >= 11 is 11.1. The average molecular weight is 235 g/mol. The first-order chi connectivity index (χ1) is 6.72. The molecule has 1 rings (SSSR count). The monoisotopic (exact) mass is 234 g/mol. The van der Waals surface area contributed by atoms with E-state index in [0.717, 1.165) is 0 Å². The standard InChI is InChI=1S/C6H7BCl2N3O2/c1-7-14-3-2-13-6-11-4(8)10-5(9)12-6/h2-3H2,1H3. The van der Waals surface area contributed by atoms with Crippen LogP contribution in [0.1, 0.15) is 0 Å². The molecule has 0 atom stereocenters. The number of nitrogens with zero attached hydrogens (tertiary/aromatic N) is 3. The molecule has 0 saturated heterocycles. The van der Waals surface area contributed by atoms with Crippen LogP contribution >= 0.6 is 23.2 Å². The van der Waals surface area contributed by atoms with Gasteiger partial charge in [0.2, 0.25) is 10.6 Å². The molecule has 14 heavy (non-hydrogen) atoms. The summed E-state index contributed by atoms with van der Waals surface area (Å²) in [6.07, 6.45) is 0. The van der Waals surface area contributed by atoms with E-state index in [1.165, 1.54) is 0 Å². The Balaban J connectivity index is 2.42. The lowest BCUT2D eigenvalue weighted by Gasteiger charge is -2.03. The maximum atomic E-state index is 5.53. The van der Waals surface area contributed by atoms with Gasteiger partial charge in [-0.2, -0.15) is 15.0 Å². The second kappa shape index (κ2) is 6.00. The summed E-state index contributed by atoms with van der Waals surface area (Å²) in [5.41, 5.74) is 0. The van der Waals surface area contributed by atoms with Crippen molar-refractivity contribution in [2.75, 3.05) is 13.2 Å². The van der Waals surface area contributed by atoms with E-state index in [9.17, 15) is 0 Å². The number of hydrogen-bond donors (Lipinski definition) is 0. The Morgan fingerprint density at radius 3 is 2.36 bits per heavy atom. The second-order valence-electron chi connectivity index (χ2n) is 2.11. The molecule has 0 unspecified atom stereocenters. The summed E-state index contributed by atoms with van der Waals surface area (Å²) in [4.78, 5) is 11.0. The molecule has 1 radical (unpaired) electrons. The highest BCUT2D eigenvalue weighted by molar-refractivity contribution is 6.31. The Hall–Kier alpha value is -0.585. The molecular weight excluding hydrogens is 228 g/mol. The fourth-order valence-electron chi connectivity index (χ4n) is 0.672. The average Bonchev–Trinajstić information content (AvgIpc) is 2.11. The maximum Gasteiger partial charge on any atom is 0.322 e. The van der Waals surface area contributed by atoms with Gasteiger partial charge in [0.1, 0.15) is 6.61 Å². The molecule has 0 spiro atoms. The lowest BCUT2D eigenvalue weighted by atomic mass is 10.1. The smallest absolute Gasteiger partial charge is 0.322 e. The van der Waals surface area contributed by atoms with E-state index in [2.05, 4.69) is 15.0 Å². The minimum atomic E-state index is 0.00275. The molecule has 1 aromatic rings. The van der Waals surface area contributed by atoms with Crippen molar-refractivity contribution in [2.45, 2.75) is 6.82 Å². The molecule has 0 aliphatic heterocycles. The normalized spacial score (nSPS) is 9.93. The largest absolute Gasteiger partial charge is 0.461 e. The predicted octanol–water partition coefficient (Wildman–Crippen LogP) is 1.24. The van der Waals surface area contributed by atoms with E-state index < -0.39 is 0 Å². The summed E-state index contributed by atoms with van der Waals surface area (Å²) in [7, 11) is 1.57. The van der Waals surface area contributed by atoms with Crippen molar-refractivity contribution in [3.05, 3.63) is 10.6 Å². The van der Waals surface area contributed by atoms with E-state index in [1.807, 2.05) is 0 Å². The lowest BCUT2D eigenvalue weighted by Crippen LogP contribution is -2.09. The van der Waals surface area contributed by atoms with Crippen LogP contribution in [0.15, 0.2) is 0 Å². The van der Waals surface area contributed by atoms with Gasteiger partial charge in [-0.3, -0.25) is 0 Å². The van der Waals surface area contributed by atoms with Crippen molar-refractivity contribution in [3.8, 4) is 6.01 Å². The molecule has 0 N–H and O–H groups in total. The molecule has 0 aliphatic rings. The zero-order valence-corrected chi connectivity index (χ0v) is 8.92. The van der Waals surface area contributed by atoms with Crippen LogP contribution in [0.5, 0.6) is 6.01 Å². The zero-order valence-electron chi connectivity index (χ0n) is 7.41. The van der Waals surface area contributed by atoms with Crippen LogP contribution in [0.25, 0.3) is 0 Å². The Labute approximate surface area is 92.0 Å². The van der Waals surface area contributed by atoms with Gasteiger partial charge >= 0.3 is 6.01 Å². The van der Waals surface area contributed by atoms with E-state index in [0.29, 0.717) is 13.2 Å². The van der Waals surface area contributed by atoms with Gasteiger partial charge < -0.3 is 9.39 Å². The van der Waals surface area contributed by atoms with E-state index in [4.69, 9.17) is 32.6 Å². The van der Waals surface area contributed by atoms with Crippen molar-refractivity contribution < 1.29 is 9.39 Å². The fourth-order valence-corrected chi connectivity index (χ4v) is 1.02. The Bertz CT molecular complexity index is 282. The van der Waals surface area contributed by atoms with Crippen molar-refractivity contribution in [1.82, 2.24) is 15.0 Å². The van der Waals surface area contributed by atoms with Gasteiger partial charge in [0.15, 0.2) is 0 Å². The van der Waals surface area contributed by atoms with Gasteiger partial charge in [-0.15, -0.1) is 0 Å². The zero-order chi connectivity index (χ0) is 10.4. The van der Waals surface area contributed by atoms with Gasteiger partial charge in [-0.25, -0.2) is 0 Å². The Morgan fingerprint density at radius 2 is 1.79 bits per heavy atom. The van der Waals surface area contributed by atoms with Crippen LogP contribution in [0.4, 0.5) is 0 Å². The molecule has 1 heterocycles. The first-order valence-electron chi connectivity index (χ1n) is 3.81. The Morgan fingerprint density at radius 1 is 1.14 bits per heavy atom. The van der Waals surface area contributed by atoms with Crippen molar-refractivity contribution in [3.63, 3.8) is 0 Å². The number of aromatic nitrogens is 3. The number of halogens is 2. The van der Waals surface area contributed by atoms with Crippen LogP contribution < -0.4 is 4.74 Å². The number of ether oxygens (including phenoxy) is 1. The van der Waals surface area contributed by atoms with E-state index in [-0.39, 0.29) is 16.6 Å². The summed E-state index contributed by atoms with van der Waals surface area (Å²) in [6.45, 7) is 2.51. The topological polar surface area (TPSA) is 57.1 Å². The van der Waals surface area contributed by atoms with Gasteiger partial charge in [-0.05, 0) is 23.2 Å². The SMILES string of the molecule is C[B]OCCOc1nc(Cl)nc(Cl)n1. The van der Waals surface area contributed by atoms with Gasteiger partial charge in [0, 0.05) is 0 Å². The van der Waals surface area contributed by atoms with Crippen molar-refractivity contribution in [1.29, 1.82) is 0 Å². The molecule has 75 valence electrons.